The molecular formula is C13H24N2O3. The third-order valence-corrected chi connectivity index (χ3v) is 2.85. The van der Waals surface area contributed by atoms with Crippen LogP contribution in [0.4, 0.5) is 0 Å². The molecule has 18 heavy (non-hydrogen) atoms. The van der Waals surface area contributed by atoms with Crippen molar-refractivity contribution in [2.45, 2.75) is 52.2 Å². The van der Waals surface area contributed by atoms with E-state index in [9.17, 15) is 9.59 Å². The van der Waals surface area contributed by atoms with E-state index in [1.807, 2.05) is 27.7 Å². The van der Waals surface area contributed by atoms with Crippen LogP contribution < -0.4 is 5.32 Å². The monoisotopic (exact) mass is 256 g/mol. The smallest absolute Gasteiger partial charge is 0.307 e. The van der Waals surface area contributed by atoms with E-state index < -0.39 is 5.60 Å². The van der Waals surface area contributed by atoms with Gasteiger partial charge in [-0.3, -0.25) is 14.5 Å². The highest BCUT2D eigenvalue weighted by Crippen LogP contribution is 2.12. The van der Waals surface area contributed by atoms with Crippen LogP contribution in [0.5, 0.6) is 0 Å². The van der Waals surface area contributed by atoms with Gasteiger partial charge in [-0.15, -0.1) is 0 Å². The molecule has 1 fully saturated rings. The first-order chi connectivity index (χ1) is 8.33. The summed E-state index contributed by atoms with van der Waals surface area (Å²) in [6.07, 6.45) is 1.10. The van der Waals surface area contributed by atoms with E-state index in [4.69, 9.17) is 4.74 Å². The Labute approximate surface area is 109 Å². The standard InChI is InChI=1S/C13H24N2O3/c1-5-10-12(17)14-7-9-15(10)8-6-11(16)18-13(2,3)4/h10H,5-9H2,1-4H3,(H,14,17). The average molecular weight is 256 g/mol. The molecule has 0 aromatic rings. The van der Waals surface area contributed by atoms with E-state index in [1.54, 1.807) is 0 Å². The number of nitrogens with zero attached hydrogens (tertiary/aromatic N) is 1. The number of carbonyl (C=O) groups is 2. The van der Waals surface area contributed by atoms with Crippen molar-refractivity contribution in [1.82, 2.24) is 10.2 Å². The first-order valence-corrected chi connectivity index (χ1v) is 6.57. The number of amides is 1. The zero-order valence-corrected chi connectivity index (χ0v) is 11.8. The van der Waals surface area contributed by atoms with Crippen LogP contribution in [0.3, 0.4) is 0 Å². The molecule has 0 bridgehead atoms. The Morgan fingerprint density at radius 2 is 2.17 bits per heavy atom. The largest absolute Gasteiger partial charge is 0.460 e. The Balaban J connectivity index is 2.42. The summed E-state index contributed by atoms with van der Waals surface area (Å²) in [7, 11) is 0. The van der Waals surface area contributed by atoms with Gasteiger partial charge in [0.2, 0.25) is 5.91 Å². The molecule has 1 amide bonds. The number of hydrogen-bond donors (Lipinski definition) is 1. The number of piperazine rings is 1. The summed E-state index contributed by atoms with van der Waals surface area (Å²) in [5.74, 6) is -0.142. The molecule has 1 atom stereocenters. The van der Waals surface area contributed by atoms with E-state index in [-0.39, 0.29) is 17.9 Å². The van der Waals surface area contributed by atoms with Crippen molar-refractivity contribution in [3.63, 3.8) is 0 Å². The summed E-state index contributed by atoms with van der Waals surface area (Å²) in [5, 5.41) is 2.84. The molecule has 1 unspecified atom stereocenters. The number of ether oxygens (including phenoxy) is 1. The van der Waals surface area contributed by atoms with Crippen molar-refractivity contribution in [1.29, 1.82) is 0 Å². The summed E-state index contributed by atoms with van der Waals surface area (Å²) < 4.78 is 5.26. The molecule has 0 aromatic carbocycles. The van der Waals surface area contributed by atoms with Crippen LogP contribution in [0.15, 0.2) is 0 Å². The molecule has 0 radical (unpaired) electrons. The van der Waals surface area contributed by atoms with Gasteiger partial charge in [-0.25, -0.2) is 0 Å². The minimum Gasteiger partial charge on any atom is -0.460 e. The predicted octanol–water partition coefficient (Wildman–Crippen LogP) is 0.929. The van der Waals surface area contributed by atoms with Gasteiger partial charge in [-0.05, 0) is 27.2 Å². The van der Waals surface area contributed by atoms with Gasteiger partial charge in [-0.2, -0.15) is 0 Å². The zero-order valence-electron chi connectivity index (χ0n) is 11.8. The molecule has 1 aliphatic rings. The molecule has 5 nitrogen and oxygen atoms in total. The second-order valence-corrected chi connectivity index (χ2v) is 5.59. The number of esters is 1. The van der Waals surface area contributed by atoms with Gasteiger partial charge < -0.3 is 10.1 Å². The Morgan fingerprint density at radius 1 is 1.50 bits per heavy atom. The lowest BCUT2D eigenvalue weighted by atomic mass is 10.1. The van der Waals surface area contributed by atoms with Gasteiger partial charge in [0.15, 0.2) is 0 Å². The van der Waals surface area contributed by atoms with Gasteiger partial charge in [0, 0.05) is 19.6 Å². The first-order valence-electron chi connectivity index (χ1n) is 6.57. The highest BCUT2D eigenvalue weighted by Gasteiger charge is 2.28. The summed E-state index contributed by atoms with van der Waals surface area (Å²) in [5.41, 5.74) is -0.444. The maximum atomic E-state index is 11.6. The fraction of sp³-hybridized carbons (Fsp3) is 0.846. The van der Waals surface area contributed by atoms with E-state index in [0.717, 1.165) is 13.0 Å². The first kappa shape index (κ1) is 15.0. The zero-order chi connectivity index (χ0) is 13.8. The maximum Gasteiger partial charge on any atom is 0.307 e. The Bertz CT molecular complexity index is 310. The van der Waals surface area contributed by atoms with Crippen LogP contribution in [-0.4, -0.2) is 48.1 Å². The highest BCUT2D eigenvalue weighted by molar-refractivity contribution is 5.82. The number of rotatable bonds is 4. The van der Waals surface area contributed by atoms with E-state index in [2.05, 4.69) is 10.2 Å². The maximum absolute atomic E-state index is 11.6. The topological polar surface area (TPSA) is 58.6 Å². The number of hydrogen-bond acceptors (Lipinski definition) is 4. The van der Waals surface area contributed by atoms with E-state index >= 15 is 0 Å². The summed E-state index contributed by atoms with van der Waals surface area (Å²) in [4.78, 5) is 25.3. The minimum absolute atomic E-state index is 0.0629. The van der Waals surface area contributed by atoms with Crippen LogP contribution in [0.1, 0.15) is 40.5 Å². The fourth-order valence-electron chi connectivity index (χ4n) is 2.10. The van der Waals surface area contributed by atoms with Gasteiger partial charge in [0.05, 0.1) is 12.5 Å². The highest BCUT2D eigenvalue weighted by atomic mass is 16.6. The third-order valence-electron chi connectivity index (χ3n) is 2.85. The molecule has 1 N–H and O–H groups in total. The predicted molar refractivity (Wildman–Crippen MR) is 69.1 cm³/mol. The fourth-order valence-corrected chi connectivity index (χ4v) is 2.10. The van der Waals surface area contributed by atoms with Gasteiger partial charge in [-0.1, -0.05) is 6.92 Å². The van der Waals surface area contributed by atoms with Crippen LogP contribution >= 0.6 is 0 Å². The SMILES string of the molecule is CCC1C(=O)NCCN1CCC(=O)OC(C)(C)C. The lowest BCUT2D eigenvalue weighted by Gasteiger charge is -2.34. The normalized spacial score (nSPS) is 21.6. The quantitative estimate of drug-likeness (QED) is 0.760. The number of carbonyl (C=O) groups excluding carboxylic acids is 2. The lowest BCUT2D eigenvalue weighted by Crippen LogP contribution is -2.55. The minimum atomic E-state index is -0.444. The lowest BCUT2D eigenvalue weighted by molar-refractivity contribution is -0.155. The summed E-state index contributed by atoms with van der Waals surface area (Å²) >= 11 is 0. The van der Waals surface area contributed by atoms with Crippen molar-refractivity contribution in [3.05, 3.63) is 0 Å². The molecule has 0 aromatic heterocycles. The van der Waals surface area contributed by atoms with E-state index in [1.165, 1.54) is 0 Å². The van der Waals surface area contributed by atoms with Crippen molar-refractivity contribution < 1.29 is 14.3 Å². The molecule has 0 aliphatic carbocycles. The molecule has 0 spiro atoms. The second kappa shape index (κ2) is 6.18. The van der Waals surface area contributed by atoms with Crippen LogP contribution in [0.25, 0.3) is 0 Å². The molecule has 1 saturated heterocycles. The molecule has 104 valence electrons. The average Bonchev–Trinajstić information content (AvgIpc) is 2.24. The second-order valence-electron chi connectivity index (χ2n) is 5.59. The van der Waals surface area contributed by atoms with Crippen LogP contribution in [0.2, 0.25) is 0 Å². The van der Waals surface area contributed by atoms with Crippen molar-refractivity contribution in [2.24, 2.45) is 0 Å². The van der Waals surface area contributed by atoms with Crippen molar-refractivity contribution in [2.75, 3.05) is 19.6 Å². The van der Waals surface area contributed by atoms with Crippen molar-refractivity contribution >= 4 is 11.9 Å². The third kappa shape index (κ3) is 4.64. The Morgan fingerprint density at radius 3 is 2.72 bits per heavy atom. The van der Waals surface area contributed by atoms with E-state index in [0.29, 0.717) is 19.5 Å². The summed E-state index contributed by atoms with van der Waals surface area (Å²) in [6.45, 7) is 9.59. The molecule has 5 heteroatoms. The molecule has 1 heterocycles. The summed E-state index contributed by atoms with van der Waals surface area (Å²) in [6, 6.07) is -0.110. The van der Waals surface area contributed by atoms with Crippen molar-refractivity contribution in [3.8, 4) is 0 Å². The van der Waals surface area contributed by atoms with Crippen LogP contribution in [-0.2, 0) is 14.3 Å². The molecule has 0 saturated carbocycles. The molecule has 1 rings (SSSR count). The Kier molecular flexibility index (Phi) is 5.14. The Hall–Kier alpha value is -1.10. The van der Waals surface area contributed by atoms with Gasteiger partial charge >= 0.3 is 5.97 Å². The molecule has 1 aliphatic heterocycles. The van der Waals surface area contributed by atoms with Gasteiger partial charge in [0.25, 0.3) is 0 Å². The van der Waals surface area contributed by atoms with Crippen LogP contribution in [0, 0.1) is 0 Å². The molecular weight excluding hydrogens is 232 g/mol. The number of nitrogens with one attached hydrogen (secondary N) is 1. The van der Waals surface area contributed by atoms with Gasteiger partial charge in [0.1, 0.15) is 5.60 Å².